The Morgan fingerprint density at radius 2 is 1.77 bits per heavy atom. The molecule has 7 nitrogen and oxygen atoms in total. The van der Waals surface area contributed by atoms with E-state index in [1.165, 1.54) is 55.4 Å². The van der Waals surface area contributed by atoms with E-state index < -0.39 is 11.2 Å². The molecule has 0 aromatic carbocycles. The van der Waals surface area contributed by atoms with Crippen molar-refractivity contribution >= 4 is 28.7 Å². The van der Waals surface area contributed by atoms with Crippen LogP contribution in [0.3, 0.4) is 0 Å². The van der Waals surface area contributed by atoms with Crippen molar-refractivity contribution in [3.8, 4) is 0 Å². The summed E-state index contributed by atoms with van der Waals surface area (Å²) in [5.41, 5.74) is -0.128. The molecule has 0 aliphatic heterocycles. The van der Waals surface area contributed by atoms with Crippen LogP contribution in [-0.2, 0) is 18.4 Å². The normalized spacial score (nSPS) is 11.3. The summed E-state index contributed by atoms with van der Waals surface area (Å²) in [6.45, 7) is 4.39. The number of ketones is 1. The first-order valence-corrected chi connectivity index (χ1v) is 10.3. The molecule has 0 aliphatic rings. The first-order valence-electron chi connectivity index (χ1n) is 9.27. The van der Waals surface area contributed by atoms with Crippen LogP contribution in [-0.4, -0.2) is 30.6 Å². The number of aromatic nitrogens is 4. The van der Waals surface area contributed by atoms with Gasteiger partial charge in [-0.1, -0.05) is 57.2 Å². The number of fused-ring (bicyclic) bond motifs is 1. The molecule has 2 rings (SSSR count). The van der Waals surface area contributed by atoms with Crippen molar-refractivity contribution in [2.45, 2.75) is 70.5 Å². The number of hydrogen-bond acceptors (Lipinski definition) is 5. The Morgan fingerprint density at radius 3 is 2.42 bits per heavy atom. The number of rotatable bonds is 11. The minimum absolute atomic E-state index is 0.0485. The van der Waals surface area contributed by atoms with Crippen LogP contribution in [0.5, 0.6) is 0 Å². The number of nitrogens with zero attached hydrogens (tertiary/aromatic N) is 3. The second-order valence-corrected chi connectivity index (χ2v) is 7.59. The molecule has 0 aliphatic carbocycles. The van der Waals surface area contributed by atoms with E-state index in [0.717, 1.165) is 12.8 Å². The Bertz CT molecular complexity index is 866. The number of thioether (sulfide) groups is 1. The molecule has 0 amide bonds. The molecule has 144 valence electrons. The molecular weight excluding hydrogens is 352 g/mol. The minimum Gasteiger partial charge on any atom is -0.313 e. The molecular formula is C18H28N4O3S. The number of carbonyl (C=O) groups excluding carboxylic acids is 1. The van der Waals surface area contributed by atoms with Gasteiger partial charge in [-0.05, 0) is 13.3 Å². The number of aryl methyl sites for hydroxylation is 2. The summed E-state index contributed by atoms with van der Waals surface area (Å²) < 4.78 is 3.20. The number of imidazole rings is 1. The highest BCUT2D eigenvalue weighted by atomic mass is 32.2. The maximum atomic E-state index is 12.3. The molecule has 0 fully saturated rings. The summed E-state index contributed by atoms with van der Waals surface area (Å²) in [5.74, 6) is 0.346. The van der Waals surface area contributed by atoms with Crippen LogP contribution in [0.2, 0.25) is 0 Å². The lowest BCUT2D eigenvalue weighted by molar-refractivity contribution is -0.114. The fourth-order valence-electron chi connectivity index (χ4n) is 2.93. The van der Waals surface area contributed by atoms with Crippen LogP contribution in [0, 0.1) is 0 Å². The molecule has 0 spiro atoms. The number of carbonyl (C=O) groups is 1. The molecule has 0 atom stereocenters. The SMILES string of the molecule is CCCCCCCCCn1c(SCC(C)=O)nc2c1c(=O)[nH]c(=O)n2C. The molecule has 26 heavy (non-hydrogen) atoms. The standard InChI is InChI=1S/C18H28N4O3S/c1-4-5-6-7-8-9-10-11-22-14-15(19-18(22)26-12-13(2)23)21(3)17(25)20-16(14)24/h4-12H2,1-3H3,(H,20,24,25). The van der Waals surface area contributed by atoms with Gasteiger partial charge in [0.05, 0.1) is 5.75 Å². The van der Waals surface area contributed by atoms with Crippen LogP contribution in [0.4, 0.5) is 0 Å². The van der Waals surface area contributed by atoms with Gasteiger partial charge >= 0.3 is 5.69 Å². The van der Waals surface area contributed by atoms with Crippen molar-refractivity contribution in [3.63, 3.8) is 0 Å². The van der Waals surface area contributed by atoms with Crippen molar-refractivity contribution in [1.82, 2.24) is 19.1 Å². The third kappa shape index (κ3) is 5.09. The summed E-state index contributed by atoms with van der Waals surface area (Å²) in [5, 5.41) is 0.618. The van der Waals surface area contributed by atoms with Crippen molar-refractivity contribution in [2.24, 2.45) is 7.05 Å². The number of Topliss-reactive ketones (excluding diaryl/α,β-unsaturated/α-hetero) is 1. The van der Waals surface area contributed by atoms with Crippen LogP contribution in [0.1, 0.15) is 58.8 Å². The van der Waals surface area contributed by atoms with Gasteiger partial charge in [-0.25, -0.2) is 9.78 Å². The molecule has 0 saturated carbocycles. The molecule has 2 aromatic rings. The van der Waals surface area contributed by atoms with E-state index in [-0.39, 0.29) is 5.78 Å². The monoisotopic (exact) mass is 380 g/mol. The second-order valence-electron chi connectivity index (χ2n) is 6.65. The zero-order valence-electron chi connectivity index (χ0n) is 15.8. The average Bonchev–Trinajstić information content (AvgIpc) is 2.96. The van der Waals surface area contributed by atoms with Crippen LogP contribution in [0.25, 0.3) is 11.2 Å². The Balaban J connectivity index is 2.20. The highest BCUT2D eigenvalue weighted by molar-refractivity contribution is 7.99. The summed E-state index contributed by atoms with van der Waals surface area (Å²) in [4.78, 5) is 42.3. The van der Waals surface area contributed by atoms with Gasteiger partial charge in [0.1, 0.15) is 5.78 Å². The van der Waals surface area contributed by atoms with E-state index in [9.17, 15) is 14.4 Å². The first kappa shape index (κ1) is 20.5. The Hall–Kier alpha value is -1.83. The fraction of sp³-hybridized carbons (Fsp3) is 0.667. The molecule has 1 N–H and O–H groups in total. The topological polar surface area (TPSA) is 89.8 Å². The van der Waals surface area contributed by atoms with E-state index in [4.69, 9.17) is 0 Å². The van der Waals surface area contributed by atoms with Gasteiger partial charge in [0.15, 0.2) is 16.3 Å². The Kier molecular flexibility index (Phi) is 7.68. The molecule has 0 radical (unpaired) electrons. The molecule has 0 saturated heterocycles. The molecule has 0 unspecified atom stereocenters. The highest BCUT2D eigenvalue weighted by Gasteiger charge is 2.17. The Morgan fingerprint density at radius 1 is 1.12 bits per heavy atom. The first-order chi connectivity index (χ1) is 12.5. The largest absolute Gasteiger partial charge is 0.329 e. The van der Waals surface area contributed by atoms with Crippen LogP contribution >= 0.6 is 11.8 Å². The lowest BCUT2D eigenvalue weighted by Gasteiger charge is -2.08. The number of aromatic amines is 1. The van der Waals surface area contributed by atoms with Crippen molar-refractivity contribution in [2.75, 3.05) is 5.75 Å². The van der Waals surface area contributed by atoms with Crippen LogP contribution in [0.15, 0.2) is 14.7 Å². The quantitative estimate of drug-likeness (QED) is 0.478. The molecule has 2 aromatic heterocycles. The maximum absolute atomic E-state index is 12.3. The molecule has 8 heteroatoms. The van der Waals surface area contributed by atoms with Gasteiger partial charge in [0.2, 0.25) is 0 Å². The van der Waals surface area contributed by atoms with Gasteiger partial charge in [0.25, 0.3) is 5.56 Å². The van der Waals surface area contributed by atoms with E-state index in [0.29, 0.717) is 28.6 Å². The minimum atomic E-state index is -0.480. The van der Waals surface area contributed by atoms with E-state index in [1.807, 2.05) is 4.57 Å². The predicted molar refractivity (Wildman–Crippen MR) is 105 cm³/mol. The molecule has 0 bridgehead atoms. The number of hydrogen-bond donors (Lipinski definition) is 1. The second kappa shape index (κ2) is 9.75. The van der Waals surface area contributed by atoms with E-state index in [1.54, 1.807) is 7.05 Å². The summed E-state index contributed by atoms with van der Waals surface area (Å²) in [6, 6.07) is 0. The zero-order valence-corrected chi connectivity index (χ0v) is 16.7. The lowest BCUT2D eigenvalue weighted by Crippen LogP contribution is -2.29. The van der Waals surface area contributed by atoms with Gasteiger partial charge < -0.3 is 4.57 Å². The van der Waals surface area contributed by atoms with Gasteiger partial charge in [-0.15, -0.1) is 0 Å². The summed E-state index contributed by atoms with van der Waals surface area (Å²) in [6.07, 6.45) is 8.22. The van der Waals surface area contributed by atoms with Gasteiger partial charge in [-0.2, -0.15) is 0 Å². The fourth-order valence-corrected chi connectivity index (χ4v) is 3.75. The lowest BCUT2D eigenvalue weighted by atomic mass is 10.1. The maximum Gasteiger partial charge on any atom is 0.329 e. The third-order valence-electron chi connectivity index (χ3n) is 4.36. The summed E-state index contributed by atoms with van der Waals surface area (Å²) >= 11 is 1.31. The number of nitrogens with one attached hydrogen (secondary N) is 1. The highest BCUT2D eigenvalue weighted by Crippen LogP contribution is 2.22. The molecule has 2 heterocycles. The zero-order chi connectivity index (χ0) is 19.1. The number of unbranched alkanes of at least 4 members (excludes halogenated alkanes) is 6. The third-order valence-corrected chi connectivity index (χ3v) is 5.48. The average molecular weight is 381 g/mol. The van der Waals surface area contributed by atoms with Gasteiger partial charge in [-0.3, -0.25) is 19.1 Å². The predicted octanol–water partition coefficient (Wildman–Crippen LogP) is 2.86. The van der Waals surface area contributed by atoms with Crippen molar-refractivity contribution < 1.29 is 4.79 Å². The number of H-pyrrole nitrogens is 1. The van der Waals surface area contributed by atoms with Crippen molar-refractivity contribution in [1.29, 1.82) is 0 Å². The van der Waals surface area contributed by atoms with Gasteiger partial charge in [0, 0.05) is 13.6 Å². The smallest absolute Gasteiger partial charge is 0.313 e. The Labute approximate surface area is 157 Å². The van der Waals surface area contributed by atoms with E-state index in [2.05, 4.69) is 16.9 Å². The van der Waals surface area contributed by atoms with E-state index >= 15 is 0 Å². The summed E-state index contributed by atoms with van der Waals surface area (Å²) in [7, 11) is 1.59. The van der Waals surface area contributed by atoms with Crippen molar-refractivity contribution in [3.05, 3.63) is 20.8 Å². The van der Waals surface area contributed by atoms with Crippen LogP contribution < -0.4 is 11.2 Å².